The number of aliphatic hydroxyl groups excluding tert-OH is 1. The van der Waals surface area contributed by atoms with Crippen LogP contribution in [-0.2, 0) is 10.0 Å². The van der Waals surface area contributed by atoms with Crippen molar-refractivity contribution in [1.29, 1.82) is 0 Å². The van der Waals surface area contributed by atoms with Gasteiger partial charge in [-0.2, -0.15) is 23.7 Å². The van der Waals surface area contributed by atoms with Gasteiger partial charge >= 0.3 is 6.61 Å². The standard InChI is InChI=1S/C20H27F2N5O5S2/c1-11(2)7-13(9-28)23-18-24-19(27-34(4,30)31)26-20(25-18)33-10-15(29)14-8-12(3)5-6-16(14)32-17(21)22/h5-6,8,11,13,17,28H,7,9-10H2,1-4H3,(H2,23,24,25,26,27)/t13-/m1/s1. The largest absolute Gasteiger partial charge is 0.434 e. The number of anilines is 2. The van der Waals surface area contributed by atoms with Crippen molar-refractivity contribution in [2.75, 3.05) is 28.7 Å². The highest BCUT2D eigenvalue weighted by Gasteiger charge is 2.19. The van der Waals surface area contributed by atoms with Gasteiger partial charge in [-0.05, 0) is 31.4 Å². The summed E-state index contributed by atoms with van der Waals surface area (Å²) in [7, 11) is -3.70. The molecule has 188 valence electrons. The molecule has 1 atom stereocenters. The van der Waals surface area contributed by atoms with Crippen molar-refractivity contribution in [2.24, 2.45) is 5.92 Å². The number of aromatic nitrogens is 3. The van der Waals surface area contributed by atoms with E-state index in [-0.39, 0.29) is 46.6 Å². The highest BCUT2D eigenvalue weighted by Crippen LogP contribution is 2.26. The smallest absolute Gasteiger partial charge is 0.387 e. The van der Waals surface area contributed by atoms with Gasteiger partial charge in [0, 0.05) is 0 Å². The van der Waals surface area contributed by atoms with Crippen LogP contribution in [0.1, 0.15) is 36.2 Å². The van der Waals surface area contributed by atoms with Crippen LogP contribution >= 0.6 is 11.8 Å². The molecular weight excluding hydrogens is 492 g/mol. The van der Waals surface area contributed by atoms with Gasteiger partial charge in [-0.25, -0.2) is 8.42 Å². The molecule has 2 rings (SSSR count). The maximum Gasteiger partial charge on any atom is 0.387 e. The number of ether oxygens (including phenoxy) is 1. The van der Waals surface area contributed by atoms with Crippen LogP contribution in [0.2, 0.25) is 0 Å². The summed E-state index contributed by atoms with van der Waals surface area (Å²) in [4.78, 5) is 25.0. The lowest BCUT2D eigenvalue weighted by molar-refractivity contribution is -0.0501. The van der Waals surface area contributed by atoms with E-state index in [9.17, 15) is 27.1 Å². The lowest BCUT2D eigenvalue weighted by atomic mass is 10.0. The number of rotatable bonds is 13. The van der Waals surface area contributed by atoms with E-state index in [2.05, 4.69) is 29.7 Å². The number of hydrogen-bond acceptors (Lipinski definition) is 10. The van der Waals surface area contributed by atoms with E-state index in [0.29, 0.717) is 12.0 Å². The minimum Gasteiger partial charge on any atom is -0.434 e. The lowest BCUT2D eigenvalue weighted by Crippen LogP contribution is -2.27. The monoisotopic (exact) mass is 519 g/mol. The molecule has 1 aromatic carbocycles. The van der Waals surface area contributed by atoms with Gasteiger partial charge in [0.15, 0.2) is 10.9 Å². The summed E-state index contributed by atoms with van der Waals surface area (Å²) in [6.45, 7) is 2.35. The van der Waals surface area contributed by atoms with Crippen molar-refractivity contribution < 1.29 is 31.8 Å². The normalized spacial score (nSPS) is 12.6. The quantitative estimate of drug-likeness (QED) is 0.267. The lowest BCUT2D eigenvalue weighted by Gasteiger charge is -2.18. The molecule has 1 aromatic heterocycles. The first kappa shape index (κ1) is 27.7. The van der Waals surface area contributed by atoms with Crippen LogP contribution in [0.15, 0.2) is 23.4 Å². The molecule has 2 aromatic rings. The second-order valence-corrected chi connectivity index (χ2v) is 10.6. The van der Waals surface area contributed by atoms with E-state index in [0.717, 1.165) is 18.0 Å². The molecule has 0 unspecified atom stereocenters. The summed E-state index contributed by atoms with van der Waals surface area (Å²) in [6.07, 6.45) is 1.52. The molecule has 0 aliphatic carbocycles. The maximum absolute atomic E-state index is 12.7. The predicted octanol–water partition coefficient (Wildman–Crippen LogP) is 2.95. The van der Waals surface area contributed by atoms with Crippen molar-refractivity contribution in [3.8, 4) is 5.75 Å². The summed E-state index contributed by atoms with van der Waals surface area (Å²) in [6, 6.07) is 3.88. The average Bonchev–Trinajstić information content (AvgIpc) is 2.70. The average molecular weight is 520 g/mol. The summed E-state index contributed by atoms with van der Waals surface area (Å²) < 4.78 is 55.3. The Kier molecular flexibility index (Phi) is 9.94. The van der Waals surface area contributed by atoms with Crippen LogP contribution in [0.4, 0.5) is 20.7 Å². The zero-order chi connectivity index (χ0) is 25.5. The van der Waals surface area contributed by atoms with E-state index in [4.69, 9.17) is 0 Å². The van der Waals surface area contributed by atoms with Crippen LogP contribution in [0.5, 0.6) is 5.75 Å². The van der Waals surface area contributed by atoms with Crippen LogP contribution in [0.25, 0.3) is 0 Å². The number of Topliss-reactive ketones (excluding diaryl/α,β-unsaturated/α-hetero) is 1. The van der Waals surface area contributed by atoms with E-state index in [1.54, 1.807) is 13.0 Å². The molecule has 0 aliphatic rings. The molecular formula is C20H27F2N5O5S2. The third kappa shape index (κ3) is 9.35. The number of aryl methyl sites for hydroxylation is 1. The van der Waals surface area contributed by atoms with Gasteiger partial charge in [-0.3, -0.25) is 9.52 Å². The van der Waals surface area contributed by atoms with Crippen LogP contribution in [0, 0.1) is 12.8 Å². The van der Waals surface area contributed by atoms with E-state index >= 15 is 0 Å². The van der Waals surface area contributed by atoms with Gasteiger partial charge in [-0.1, -0.05) is 37.2 Å². The highest BCUT2D eigenvalue weighted by molar-refractivity contribution is 7.99. The fraction of sp³-hybridized carbons (Fsp3) is 0.500. The third-order valence-electron chi connectivity index (χ3n) is 4.18. The number of sulfonamides is 1. The fourth-order valence-electron chi connectivity index (χ4n) is 2.90. The number of ketones is 1. The molecule has 10 nitrogen and oxygen atoms in total. The van der Waals surface area contributed by atoms with Crippen molar-refractivity contribution in [3.05, 3.63) is 29.3 Å². The van der Waals surface area contributed by atoms with Crippen LogP contribution < -0.4 is 14.8 Å². The SMILES string of the molecule is Cc1ccc(OC(F)F)c(C(=O)CSc2nc(N[C@@H](CO)CC(C)C)nc(NS(C)(=O)=O)n2)c1. The fourth-order valence-corrected chi connectivity index (χ4v) is 4.04. The third-order valence-corrected chi connectivity index (χ3v) is 5.59. The topological polar surface area (TPSA) is 143 Å². The summed E-state index contributed by atoms with van der Waals surface area (Å²) in [5, 5.41) is 12.6. The highest BCUT2D eigenvalue weighted by atomic mass is 32.2. The molecule has 0 aliphatic heterocycles. The zero-order valence-corrected chi connectivity index (χ0v) is 20.7. The minimum atomic E-state index is -3.70. The Bertz CT molecular complexity index is 1100. The van der Waals surface area contributed by atoms with Gasteiger partial charge in [0.1, 0.15) is 5.75 Å². The molecule has 3 N–H and O–H groups in total. The van der Waals surface area contributed by atoms with Crippen molar-refractivity contribution >= 4 is 39.5 Å². The Labute approximate surface area is 201 Å². The number of hydrogen-bond donors (Lipinski definition) is 3. The second-order valence-electron chi connectivity index (χ2n) is 7.88. The molecule has 0 bridgehead atoms. The number of carbonyl (C=O) groups excluding carboxylic acids is 1. The number of thioether (sulfide) groups is 1. The summed E-state index contributed by atoms with van der Waals surface area (Å²) in [5.74, 6) is -1.000. The Hall–Kier alpha value is -2.58. The number of carbonyl (C=O) groups is 1. The molecule has 14 heteroatoms. The summed E-state index contributed by atoms with van der Waals surface area (Å²) in [5.41, 5.74) is 0.661. The molecule has 0 fully saturated rings. The van der Waals surface area contributed by atoms with Crippen molar-refractivity contribution in [1.82, 2.24) is 15.0 Å². The number of halogens is 2. The molecule has 34 heavy (non-hydrogen) atoms. The van der Waals surface area contributed by atoms with Gasteiger partial charge in [0.25, 0.3) is 0 Å². The maximum atomic E-state index is 12.7. The van der Waals surface area contributed by atoms with Gasteiger partial charge in [0.2, 0.25) is 21.9 Å². The van der Waals surface area contributed by atoms with Crippen molar-refractivity contribution in [2.45, 2.75) is 45.0 Å². The van der Waals surface area contributed by atoms with Gasteiger partial charge in [-0.15, -0.1) is 0 Å². The number of alkyl halides is 2. The van der Waals surface area contributed by atoms with E-state index in [1.165, 1.54) is 12.1 Å². The summed E-state index contributed by atoms with van der Waals surface area (Å²) >= 11 is 0.868. The molecule has 0 saturated heterocycles. The Morgan fingerprint density at radius 2 is 1.88 bits per heavy atom. The number of benzene rings is 1. The first-order valence-corrected chi connectivity index (χ1v) is 13.1. The number of nitrogens with one attached hydrogen (secondary N) is 2. The predicted molar refractivity (Wildman–Crippen MR) is 125 cm³/mol. The Morgan fingerprint density at radius 3 is 2.47 bits per heavy atom. The molecule has 0 saturated carbocycles. The Balaban J connectivity index is 2.27. The van der Waals surface area contributed by atoms with Crippen LogP contribution in [0.3, 0.4) is 0 Å². The van der Waals surface area contributed by atoms with Crippen molar-refractivity contribution in [3.63, 3.8) is 0 Å². The zero-order valence-electron chi connectivity index (χ0n) is 19.1. The Morgan fingerprint density at radius 1 is 1.21 bits per heavy atom. The first-order chi connectivity index (χ1) is 15.9. The number of aliphatic hydroxyl groups is 1. The van der Waals surface area contributed by atoms with Crippen LogP contribution in [-0.4, -0.2) is 65.5 Å². The van der Waals surface area contributed by atoms with Gasteiger partial charge in [0.05, 0.1) is 30.2 Å². The second kappa shape index (κ2) is 12.2. The van der Waals surface area contributed by atoms with E-state index in [1.807, 2.05) is 13.8 Å². The molecule has 0 radical (unpaired) electrons. The molecule has 0 amide bonds. The first-order valence-electron chi connectivity index (χ1n) is 10.2. The van der Waals surface area contributed by atoms with Gasteiger partial charge < -0.3 is 15.2 Å². The molecule has 0 spiro atoms. The minimum absolute atomic E-state index is 0.00748. The molecule has 1 heterocycles. The van der Waals surface area contributed by atoms with E-state index < -0.39 is 28.5 Å². The number of nitrogens with zero attached hydrogens (tertiary/aromatic N) is 3.